The number of hydrogen-bond acceptors (Lipinski definition) is 6. The van der Waals surface area contributed by atoms with E-state index < -0.39 is 23.9 Å². The lowest BCUT2D eigenvalue weighted by atomic mass is 10.0. The van der Waals surface area contributed by atoms with Gasteiger partial charge < -0.3 is 5.32 Å². The summed E-state index contributed by atoms with van der Waals surface area (Å²) in [5, 5.41) is 12.4. The van der Waals surface area contributed by atoms with E-state index in [0.29, 0.717) is 22.3 Å². The van der Waals surface area contributed by atoms with Crippen molar-refractivity contribution in [3.8, 4) is 0 Å². The highest BCUT2D eigenvalue weighted by Crippen LogP contribution is 2.32. The molecule has 1 fully saturated rings. The van der Waals surface area contributed by atoms with Crippen molar-refractivity contribution in [2.45, 2.75) is 31.8 Å². The third-order valence-corrected chi connectivity index (χ3v) is 5.36. The lowest BCUT2D eigenvalue weighted by Gasteiger charge is -2.20. The lowest BCUT2D eigenvalue weighted by Crippen LogP contribution is -2.43. The summed E-state index contributed by atoms with van der Waals surface area (Å²) < 4.78 is 0. The number of halogens is 1. The molecule has 2 aliphatic rings. The van der Waals surface area contributed by atoms with Gasteiger partial charge in [-0.25, -0.2) is 4.90 Å². The van der Waals surface area contributed by atoms with E-state index in [1.807, 2.05) is 24.3 Å². The minimum absolute atomic E-state index is 0.190. The summed E-state index contributed by atoms with van der Waals surface area (Å²) in [5.41, 5.74) is 2.23. The van der Waals surface area contributed by atoms with Crippen LogP contribution in [0.2, 0.25) is 5.02 Å². The Morgan fingerprint density at radius 3 is 2.37 bits per heavy atom. The van der Waals surface area contributed by atoms with E-state index in [9.17, 15) is 14.4 Å². The summed E-state index contributed by atoms with van der Waals surface area (Å²) in [4.78, 5) is 39.1. The number of rotatable bonds is 5. The predicted octanol–water partition coefficient (Wildman–Crippen LogP) is 3.40. The molecular formula is C21H20ClN5O3. The first kappa shape index (κ1) is 20.0. The topological polar surface area (TPSA) is 94.4 Å². The van der Waals surface area contributed by atoms with Gasteiger partial charge in [0.05, 0.1) is 5.69 Å². The van der Waals surface area contributed by atoms with Crippen LogP contribution in [0.15, 0.2) is 58.9 Å². The van der Waals surface area contributed by atoms with Gasteiger partial charge in [-0.05, 0) is 47.9 Å². The number of fused-ring (bicyclic) bond motifs is 1. The van der Waals surface area contributed by atoms with Crippen LogP contribution in [-0.4, -0.2) is 41.4 Å². The second kappa shape index (κ2) is 7.87. The molecule has 9 heteroatoms. The van der Waals surface area contributed by atoms with Gasteiger partial charge in [0.2, 0.25) is 5.91 Å². The molecule has 0 bridgehead atoms. The first-order valence-corrected chi connectivity index (χ1v) is 9.93. The molecule has 0 aromatic heterocycles. The quantitative estimate of drug-likeness (QED) is 0.743. The summed E-state index contributed by atoms with van der Waals surface area (Å²) >= 11 is 5.88. The summed E-state index contributed by atoms with van der Waals surface area (Å²) in [7, 11) is 0. The van der Waals surface area contributed by atoms with E-state index in [2.05, 4.69) is 29.5 Å². The normalized spacial score (nSPS) is 20.3. The van der Waals surface area contributed by atoms with Crippen molar-refractivity contribution in [3.63, 3.8) is 0 Å². The van der Waals surface area contributed by atoms with Gasteiger partial charge in [0, 0.05) is 10.7 Å². The molecule has 2 heterocycles. The number of carbonyl (C=O) groups excluding carboxylic acids is 3. The zero-order valence-electron chi connectivity index (χ0n) is 16.4. The number of benzene rings is 2. The van der Waals surface area contributed by atoms with E-state index in [4.69, 9.17) is 11.6 Å². The van der Waals surface area contributed by atoms with Crippen LogP contribution in [0, 0.1) is 0 Å². The van der Waals surface area contributed by atoms with Crippen molar-refractivity contribution in [2.24, 2.45) is 10.3 Å². The zero-order valence-corrected chi connectivity index (χ0v) is 17.2. The molecule has 8 nitrogen and oxygen atoms in total. The van der Waals surface area contributed by atoms with Gasteiger partial charge in [-0.1, -0.05) is 42.8 Å². The Hall–Kier alpha value is -3.26. The van der Waals surface area contributed by atoms with Crippen LogP contribution < -0.4 is 10.2 Å². The summed E-state index contributed by atoms with van der Waals surface area (Å²) in [6, 6.07) is 12.1. The van der Waals surface area contributed by atoms with Gasteiger partial charge in [0.15, 0.2) is 12.1 Å². The van der Waals surface area contributed by atoms with E-state index in [0.717, 1.165) is 4.90 Å². The van der Waals surface area contributed by atoms with Crippen molar-refractivity contribution in [1.29, 1.82) is 0 Å². The molecular weight excluding hydrogens is 406 g/mol. The number of nitrogens with zero attached hydrogens (tertiary/aromatic N) is 4. The number of nitrogens with one attached hydrogen (secondary N) is 1. The molecule has 2 aromatic carbocycles. The number of hydrogen-bond donors (Lipinski definition) is 1. The van der Waals surface area contributed by atoms with Crippen molar-refractivity contribution >= 4 is 40.7 Å². The number of carbonyl (C=O) groups is 3. The van der Waals surface area contributed by atoms with Gasteiger partial charge >= 0.3 is 0 Å². The fourth-order valence-corrected chi connectivity index (χ4v) is 3.62. The molecule has 0 radical (unpaired) electrons. The van der Waals surface area contributed by atoms with Crippen molar-refractivity contribution in [3.05, 3.63) is 59.1 Å². The van der Waals surface area contributed by atoms with Gasteiger partial charge in [0.1, 0.15) is 6.54 Å². The fourth-order valence-electron chi connectivity index (χ4n) is 3.50. The second-order valence-electron chi connectivity index (χ2n) is 7.51. The van der Waals surface area contributed by atoms with Crippen LogP contribution in [-0.2, 0) is 14.4 Å². The Morgan fingerprint density at radius 2 is 1.73 bits per heavy atom. The van der Waals surface area contributed by atoms with E-state index in [-0.39, 0.29) is 12.5 Å². The van der Waals surface area contributed by atoms with Crippen LogP contribution in [0.25, 0.3) is 0 Å². The number of anilines is 2. The maximum Gasteiger partial charge on any atom is 0.263 e. The largest absolute Gasteiger partial charge is 0.324 e. The van der Waals surface area contributed by atoms with Crippen molar-refractivity contribution < 1.29 is 14.4 Å². The van der Waals surface area contributed by atoms with Gasteiger partial charge in [0.25, 0.3) is 11.8 Å². The molecule has 3 amide bonds. The zero-order chi connectivity index (χ0) is 21.4. The minimum atomic E-state index is -0.952. The molecule has 2 atom stereocenters. The van der Waals surface area contributed by atoms with E-state index in [1.54, 1.807) is 24.3 Å². The van der Waals surface area contributed by atoms with Gasteiger partial charge in [-0.15, -0.1) is 0 Å². The fraction of sp³-hybridized carbons (Fsp3) is 0.286. The second-order valence-corrected chi connectivity index (χ2v) is 7.94. The van der Waals surface area contributed by atoms with E-state index in [1.165, 1.54) is 10.6 Å². The molecule has 2 aliphatic heterocycles. The standard InChI is InChI=1S/C21H20ClN5O3/c1-12(2)13-3-7-15(8-4-13)23-17(28)11-26-19-18(24-25-26)20(29)27(21(19)30)16-9-5-14(22)6-10-16/h3-10,12,18-19H,11H2,1-2H3,(H,23,28)/t18-,19-/m1/s1. The first-order valence-electron chi connectivity index (χ1n) is 9.56. The lowest BCUT2D eigenvalue weighted by molar-refractivity contribution is -0.123. The SMILES string of the molecule is CC(C)c1ccc(NC(=O)CN2N=N[C@H]3C(=O)N(c4ccc(Cl)cc4)C(=O)[C@@H]32)cc1. The molecule has 0 spiro atoms. The molecule has 0 saturated carbocycles. The number of amides is 3. The Kier molecular flexibility index (Phi) is 5.26. The third kappa shape index (κ3) is 3.66. The average molecular weight is 426 g/mol. The highest BCUT2D eigenvalue weighted by molar-refractivity contribution is 6.31. The van der Waals surface area contributed by atoms with Gasteiger partial charge in [-0.3, -0.25) is 19.4 Å². The van der Waals surface area contributed by atoms with Crippen molar-refractivity contribution in [1.82, 2.24) is 5.01 Å². The Bertz CT molecular complexity index is 1020. The minimum Gasteiger partial charge on any atom is -0.324 e. The maximum absolute atomic E-state index is 12.9. The monoisotopic (exact) mass is 425 g/mol. The predicted molar refractivity (Wildman–Crippen MR) is 112 cm³/mol. The van der Waals surface area contributed by atoms with Crippen LogP contribution in [0.5, 0.6) is 0 Å². The van der Waals surface area contributed by atoms with E-state index >= 15 is 0 Å². The average Bonchev–Trinajstić information content (AvgIpc) is 3.23. The maximum atomic E-state index is 12.9. The summed E-state index contributed by atoms with van der Waals surface area (Å²) in [6.45, 7) is 4.00. The number of imide groups is 1. The summed E-state index contributed by atoms with van der Waals surface area (Å²) in [5.74, 6) is -0.891. The van der Waals surface area contributed by atoms with Gasteiger partial charge in [-0.2, -0.15) is 5.11 Å². The Balaban J connectivity index is 1.44. The molecule has 154 valence electrons. The Labute approximate surface area is 178 Å². The highest BCUT2D eigenvalue weighted by Gasteiger charge is 2.55. The molecule has 2 aromatic rings. The molecule has 0 aliphatic carbocycles. The van der Waals surface area contributed by atoms with Crippen LogP contribution in [0.1, 0.15) is 25.3 Å². The summed E-state index contributed by atoms with van der Waals surface area (Å²) in [6.07, 6.45) is 0. The van der Waals surface area contributed by atoms with Crippen LogP contribution in [0.3, 0.4) is 0 Å². The highest BCUT2D eigenvalue weighted by atomic mass is 35.5. The molecule has 1 saturated heterocycles. The Morgan fingerprint density at radius 1 is 1.07 bits per heavy atom. The molecule has 30 heavy (non-hydrogen) atoms. The third-order valence-electron chi connectivity index (χ3n) is 5.11. The molecule has 4 rings (SSSR count). The molecule has 0 unspecified atom stereocenters. The van der Waals surface area contributed by atoms with Crippen molar-refractivity contribution in [2.75, 3.05) is 16.8 Å². The molecule has 1 N–H and O–H groups in total. The smallest absolute Gasteiger partial charge is 0.263 e. The van der Waals surface area contributed by atoms with Crippen LogP contribution >= 0.6 is 11.6 Å². The first-order chi connectivity index (χ1) is 14.3. The van der Waals surface area contributed by atoms with Crippen LogP contribution in [0.4, 0.5) is 11.4 Å².